The van der Waals surface area contributed by atoms with Crippen LogP contribution in [-0.2, 0) is 31.6 Å². The fraction of sp³-hybridized carbons (Fsp3) is 0.375. The zero-order valence-corrected chi connectivity index (χ0v) is 19.9. The largest absolute Gasteiger partial charge is 0.465 e. The number of carboxylic acid groups (broad SMARTS) is 1. The van der Waals surface area contributed by atoms with Gasteiger partial charge in [0.25, 0.3) is 5.91 Å². The van der Waals surface area contributed by atoms with E-state index < -0.39 is 56.9 Å². The first-order valence-electron chi connectivity index (χ1n) is 11.2. The second kappa shape index (κ2) is 9.65. The summed E-state index contributed by atoms with van der Waals surface area (Å²) >= 11 is 0. The van der Waals surface area contributed by atoms with Crippen molar-refractivity contribution in [2.24, 2.45) is 0 Å². The molecule has 2 fully saturated rings. The third kappa shape index (κ3) is 5.00. The zero-order chi connectivity index (χ0) is 25.3. The average molecular weight is 504 g/mol. The normalized spacial score (nSPS) is 22.8. The number of carbonyl (C=O) groups is 3. The van der Waals surface area contributed by atoms with Crippen molar-refractivity contribution in [1.29, 1.82) is 0 Å². The van der Waals surface area contributed by atoms with E-state index >= 15 is 0 Å². The Hall–Kier alpha value is -3.47. The van der Waals surface area contributed by atoms with Crippen LogP contribution in [0.3, 0.4) is 0 Å². The van der Waals surface area contributed by atoms with E-state index in [1.54, 1.807) is 43.3 Å². The highest BCUT2D eigenvalue weighted by atomic mass is 32.2. The summed E-state index contributed by atoms with van der Waals surface area (Å²) in [4.78, 5) is 41.8. The van der Waals surface area contributed by atoms with Crippen molar-refractivity contribution in [2.75, 3.05) is 13.1 Å². The van der Waals surface area contributed by atoms with Crippen molar-refractivity contribution in [2.45, 2.75) is 43.1 Å². The van der Waals surface area contributed by atoms with Crippen LogP contribution in [0.4, 0.5) is 9.18 Å². The van der Waals surface area contributed by atoms with Crippen LogP contribution in [0.5, 0.6) is 0 Å². The molecular weight excluding hydrogens is 477 g/mol. The summed E-state index contributed by atoms with van der Waals surface area (Å²) in [5.74, 6) is -2.30. The highest BCUT2D eigenvalue weighted by molar-refractivity contribution is 7.92. The van der Waals surface area contributed by atoms with Crippen LogP contribution in [0.15, 0.2) is 54.6 Å². The lowest BCUT2D eigenvalue weighted by Crippen LogP contribution is -2.74. The molecule has 2 heterocycles. The van der Waals surface area contributed by atoms with E-state index in [4.69, 9.17) is 0 Å². The molecule has 1 N–H and O–H groups in total. The predicted octanol–water partition coefficient (Wildman–Crippen LogP) is 2.08. The number of fused-ring (bicyclic) bond motifs is 1. The molecule has 0 saturated carbocycles. The van der Waals surface area contributed by atoms with E-state index in [1.807, 2.05) is 0 Å². The lowest BCUT2D eigenvalue weighted by atomic mass is 10.0. The van der Waals surface area contributed by atoms with Crippen LogP contribution in [-0.4, -0.2) is 76.8 Å². The summed E-state index contributed by atoms with van der Waals surface area (Å²) in [6.45, 7) is 1.44. The molecule has 4 rings (SSSR count). The molecule has 0 aromatic heterocycles. The van der Waals surface area contributed by atoms with Gasteiger partial charge in [-0.05, 0) is 36.6 Å². The number of hydrogen-bond acceptors (Lipinski definition) is 5. The van der Waals surface area contributed by atoms with Crippen LogP contribution in [0.2, 0.25) is 0 Å². The summed E-state index contributed by atoms with van der Waals surface area (Å²) < 4.78 is 40.7. The highest BCUT2D eigenvalue weighted by Crippen LogP contribution is 2.32. The maximum atomic E-state index is 13.6. The molecule has 186 valence electrons. The lowest BCUT2D eigenvalue weighted by Gasteiger charge is -2.52. The molecule has 0 radical (unpaired) electrons. The van der Waals surface area contributed by atoms with Crippen LogP contribution < -0.4 is 0 Å². The second-order valence-corrected chi connectivity index (χ2v) is 10.9. The monoisotopic (exact) mass is 503 g/mol. The average Bonchev–Trinajstić information content (AvgIpc) is 2.78. The molecule has 1 unspecified atom stereocenters. The van der Waals surface area contributed by atoms with Crippen LogP contribution in [0.25, 0.3) is 0 Å². The molecule has 2 aromatic rings. The van der Waals surface area contributed by atoms with E-state index in [2.05, 4.69) is 0 Å². The summed E-state index contributed by atoms with van der Waals surface area (Å²) in [5, 5.41) is 7.99. The Labute approximate surface area is 202 Å². The molecule has 2 saturated heterocycles. The molecule has 35 heavy (non-hydrogen) atoms. The Morgan fingerprint density at radius 1 is 1.09 bits per heavy atom. The number of halogens is 1. The maximum absolute atomic E-state index is 13.6. The van der Waals surface area contributed by atoms with Gasteiger partial charge in [-0.1, -0.05) is 42.5 Å². The van der Waals surface area contributed by atoms with Gasteiger partial charge in [-0.15, -0.1) is 0 Å². The lowest BCUT2D eigenvalue weighted by molar-refractivity contribution is -0.165. The number of hydrogen-bond donors (Lipinski definition) is 1. The summed E-state index contributed by atoms with van der Waals surface area (Å²) in [5.41, 5.74) is 1.05. The molecule has 9 nitrogen and oxygen atoms in total. The Bertz CT molecular complexity index is 1240. The van der Waals surface area contributed by atoms with Crippen molar-refractivity contribution >= 4 is 27.7 Å². The van der Waals surface area contributed by atoms with Crippen LogP contribution in [0.1, 0.15) is 24.5 Å². The summed E-state index contributed by atoms with van der Waals surface area (Å²) in [7, 11) is -4.24. The van der Waals surface area contributed by atoms with E-state index in [1.165, 1.54) is 23.1 Å². The number of sulfone groups is 1. The van der Waals surface area contributed by atoms with Gasteiger partial charge in [-0.25, -0.2) is 17.6 Å². The minimum Gasteiger partial charge on any atom is -0.465 e. The zero-order valence-electron chi connectivity index (χ0n) is 19.1. The van der Waals surface area contributed by atoms with Gasteiger partial charge in [0.1, 0.15) is 12.0 Å². The number of amides is 3. The quantitative estimate of drug-likeness (QED) is 0.646. The number of benzene rings is 2. The van der Waals surface area contributed by atoms with Crippen LogP contribution >= 0.6 is 0 Å². The first-order valence-corrected chi connectivity index (χ1v) is 12.9. The second-order valence-electron chi connectivity index (χ2n) is 8.83. The molecule has 3 amide bonds. The van der Waals surface area contributed by atoms with Crippen molar-refractivity contribution in [1.82, 2.24) is 14.7 Å². The predicted molar refractivity (Wildman–Crippen MR) is 124 cm³/mol. The van der Waals surface area contributed by atoms with Crippen LogP contribution in [0, 0.1) is 5.82 Å². The van der Waals surface area contributed by atoms with Crippen molar-refractivity contribution in [3.05, 3.63) is 71.5 Å². The highest BCUT2D eigenvalue weighted by Gasteiger charge is 2.55. The summed E-state index contributed by atoms with van der Waals surface area (Å²) in [6.07, 6.45) is -2.45. The molecule has 2 aliphatic rings. The third-order valence-corrected chi connectivity index (χ3v) is 8.21. The van der Waals surface area contributed by atoms with E-state index in [0.29, 0.717) is 11.1 Å². The van der Waals surface area contributed by atoms with Crippen molar-refractivity contribution in [3.8, 4) is 0 Å². The van der Waals surface area contributed by atoms with Gasteiger partial charge in [0, 0.05) is 19.0 Å². The SMILES string of the molecule is CC1CC(=O)N2[C@@H](CN(CCc3cccc(F)c3)C(=O)[C@@H]2S(=O)(=O)Cc2ccccc2)N1C(=O)O. The number of nitrogens with zero attached hydrogens (tertiary/aromatic N) is 3. The standard InChI is InChI=1S/C24H26FN3O6S/c1-16-12-21(29)28-20(27(16)24(31)32)14-26(11-10-17-8-5-9-19(25)13-17)22(30)23(28)35(33,34)15-18-6-3-2-4-7-18/h2-9,13,16,20,23H,10-12,14-15H2,1H3,(H,31,32)/t16?,20-,23-/m0/s1. The Balaban J connectivity index is 1.70. The van der Waals surface area contributed by atoms with Gasteiger partial charge >= 0.3 is 6.09 Å². The summed E-state index contributed by atoms with van der Waals surface area (Å²) in [6, 6.07) is 13.4. The Kier molecular flexibility index (Phi) is 6.79. The van der Waals surface area contributed by atoms with Gasteiger partial charge in [0.15, 0.2) is 9.84 Å². The van der Waals surface area contributed by atoms with Crippen molar-refractivity contribution < 1.29 is 32.3 Å². The third-order valence-electron chi connectivity index (χ3n) is 6.37. The minimum absolute atomic E-state index is 0.0417. The van der Waals surface area contributed by atoms with Gasteiger partial charge in [-0.3, -0.25) is 19.4 Å². The number of rotatable bonds is 6. The topological polar surface area (TPSA) is 115 Å². The smallest absolute Gasteiger partial charge is 0.409 e. The molecule has 3 atom stereocenters. The van der Waals surface area contributed by atoms with Gasteiger partial charge in [0.2, 0.25) is 11.3 Å². The fourth-order valence-electron chi connectivity index (χ4n) is 4.76. The van der Waals surface area contributed by atoms with E-state index in [0.717, 1.165) is 9.80 Å². The van der Waals surface area contributed by atoms with Crippen molar-refractivity contribution in [3.63, 3.8) is 0 Å². The molecule has 2 aromatic carbocycles. The van der Waals surface area contributed by atoms with E-state index in [-0.39, 0.29) is 25.9 Å². The number of piperazine rings is 1. The molecule has 11 heteroatoms. The Morgan fingerprint density at radius 3 is 2.43 bits per heavy atom. The van der Waals surface area contributed by atoms with Gasteiger partial charge < -0.3 is 10.0 Å². The first-order chi connectivity index (χ1) is 16.6. The molecular formula is C24H26FN3O6S. The molecule has 0 bridgehead atoms. The van der Waals surface area contributed by atoms with E-state index in [9.17, 15) is 32.3 Å². The molecule has 0 spiro atoms. The van der Waals surface area contributed by atoms with Gasteiger partial charge in [-0.2, -0.15) is 0 Å². The first kappa shape index (κ1) is 24.6. The Morgan fingerprint density at radius 2 is 1.77 bits per heavy atom. The number of carbonyl (C=O) groups excluding carboxylic acids is 2. The minimum atomic E-state index is -4.24. The van der Waals surface area contributed by atoms with Gasteiger partial charge in [0.05, 0.1) is 12.3 Å². The molecule has 0 aliphatic carbocycles. The maximum Gasteiger partial charge on any atom is 0.409 e. The molecule has 2 aliphatic heterocycles. The fourth-order valence-corrected chi connectivity index (χ4v) is 6.64.